The van der Waals surface area contributed by atoms with Crippen molar-refractivity contribution in [1.29, 1.82) is 0 Å². The number of carbonyl (C=O) groups excluding carboxylic acids is 3. The van der Waals surface area contributed by atoms with Gasteiger partial charge in [0.15, 0.2) is 0 Å². The molecule has 1 aromatic rings. The van der Waals surface area contributed by atoms with Crippen molar-refractivity contribution >= 4 is 34.8 Å². The van der Waals surface area contributed by atoms with E-state index in [0.717, 1.165) is 25.1 Å². The molecule has 1 fully saturated rings. The van der Waals surface area contributed by atoms with Crippen LogP contribution in [0.4, 0.5) is 0 Å². The molecule has 1 atom stereocenters. The molecule has 0 aromatic carbocycles. The molecular formula is C18H24N4O3S. The Balaban J connectivity index is 1.41. The number of hydrazone groups is 1. The van der Waals surface area contributed by atoms with Gasteiger partial charge in [-0.1, -0.05) is 6.07 Å². The molecule has 3 rings (SSSR count). The maximum Gasteiger partial charge on any atom is 0.261 e. The fourth-order valence-electron chi connectivity index (χ4n) is 3.29. The van der Waals surface area contributed by atoms with Crippen molar-refractivity contribution in [3.8, 4) is 0 Å². The molecule has 2 N–H and O–H groups in total. The first-order valence-corrected chi connectivity index (χ1v) is 9.93. The van der Waals surface area contributed by atoms with Gasteiger partial charge in [0.25, 0.3) is 5.91 Å². The summed E-state index contributed by atoms with van der Waals surface area (Å²) in [6, 6.07) is 3.68. The molecule has 0 unspecified atom stereocenters. The summed E-state index contributed by atoms with van der Waals surface area (Å²) in [5.74, 6) is 0.311. The maximum absolute atomic E-state index is 12.5. The number of piperidine rings is 1. The molecule has 0 aliphatic carbocycles. The summed E-state index contributed by atoms with van der Waals surface area (Å²) in [4.78, 5) is 38.2. The average Bonchev–Trinajstić information content (AvgIpc) is 3.20. The number of likely N-dealkylation sites (tertiary alicyclic amines) is 1. The quantitative estimate of drug-likeness (QED) is 0.793. The molecule has 7 nitrogen and oxygen atoms in total. The first-order chi connectivity index (χ1) is 12.6. The van der Waals surface area contributed by atoms with Gasteiger partial charge in [0, 0.05) is 38.2 Å². The van der Waals surface area contributed by atoms with Gasteiger partial charge < -0.3 is 10.2 Å². The summed E-state index contributed by atoms with van der Waals surface area (Å²) in [5, 5.41) is 8.88. The normalized spacial score (nSPS) is 20.3. The Morgan fingerprint density at radius 1 is 1.38 bits per heavy atom. The molecule has 2 aliphatic heterocycles. The third-order valence-corrected chi connectivity index (χ3v) is 5.64. The van der Waals surface area contributed by atoms with Crippen molar-refractivity contribution in [2.24, 2.45) is 11.0 Å². The standard InChI is InChI=1S/C18H24N4O3S/c23-16-7-5-14(20-21-16)6-8-17(24)22-9-1-3-13(12-22)11-19-18(25)15-4-2-10-26-15/h2,4,10,13H,1,3,5-9,11-12H2,(H,19,25)(H,21,23)/t13-/m1/s1. The molecule has 0 bridgehead atoms. The molecule has 140 valence electrons. The molecule has 2 aliphatic rings. The second kappa shape index (κ2) is 8.93. The van der Waals surface area contributed by atoms with E-state index in [9.17, 15) is 14.4 Å². The van der Waals surface area contributed by atoms with Gasteiger partial charge in [-0.15, -0.1) is 11.3 Å². The first kappa shape index (κ1) is 18.6. The second-order valence-electron chi connectivity index (χ2n) is 6.75. The summed E-state index contributed by atoms with van der Waals surface area (Å²) < 4.78 is 0. The van der Waals surface area contributed by atoms with Gasteiger partial charge in [0.05, 0.1) is 4.88 Å². The lowest BCUT2D eigenvalue weighted by Crippen LogP contribution is -2.43. The van der Waals surface area contributed by atoms with Crippen molar-refractivity contribution in [3.05, 3.63) is 22.4 Å². The SMILES string of the molecule is O=C1CCC(CCC(=O)N2CCC[C@H](CNC(=O)c3cccs3)C2)=NN1. The van der Waals surface area contributed by atoms with E-state index in [1.807, 2.05) is 22.4 Å². The highest BCUT2D eigenvalue weighted by Gasteiger charge is 2.24. The van der Waals surface area contributed by atoms with Gasteiger partial charge in [0.1, 0.15) is 0 Å². The molecule has 0 saturated carbocycles. The van der Waals surface area contributed by atoms with Gasteiger partial charge >= 0.3 is 0 Å². The van der Waals surface area contributed by atoms with E-state index in [-0.39, 0.29) is 17.7 Å². The van der Waals surface area contributed by atoms with Crippen LogP contribution >= 0.6 is 11.3 Å². The number of nitrogens with one attached hydrogen (secondary N) is 2. The molecule has 0 radical (unpaired) electrons. The smallest absolute Gasteiger partial charge is 0.261 e. The van der Waals surface area contributed by atoms with Crippen LogP contribution in [0.2, 0.25) is 0 Å². The van der Waals surface area contributed by atoms with Crippen molar-refractivity contribution in [3.63, 3.8) is 0 Å². The largest absolute Gasteiger partial charge is 0.351 e. The van der Waals surface area contributed by atoms with E-state index in [2.05, 4.69) is 15.8 Å². The average molecular weight is 376 g/mol. The van der Waals surface area contributed by atoms with Crippen LogP contribution in [0.25, 0.3) is 0 Å². The fraction of sp³-hybridized carbons (Fsp3) is 0.556. The van der Waals surface area contributed by atoms with Crippen LogP contribution in [-0.2, 0) is 9.59 Å². The Morgan fingerprint density at radius 3 is 3.00 bits per heavy atom. The number of hydrogen-bond donors (Lipinski definition) is 2. The van der Waals surface area contributed by atoms with E-state index >= 15 is 0 Å². The number of hydrogen-bond acceptors (Lipinski definition) is 5. The van der Waals surface area contributed by atoms with Gasteiger partial charge in [-0.25, -0.2) is 5.43 Å². The molecule has 1 saturated heterocycles. The molecular weight excluding hydrogens is 352 g/mol. The monoisotopic (exact) mass is 376 g/mol. The fourth-order valence-corrected chi connectivity index (χ4v) is 3.93. The summed E-state index contributed by atoms with van der Waals surface area (Å²) in [5.41, 5.74) is 3.35. The van der Waals surface area contributed by atoms with E-state index in [1.54, 1.807) is 0 Å². The van der Waals surface area contributed by atoms with Crippen LogP contribution in [0, 0.1) is 5.92 Å². The Morgan fingerprint density at radius 2 is 2.27 bits per heavy atom. The van der Waals surface area contributed by atoms with Crippen molar-refractivity contribution in [1.82, 2.24) is 15.6 Å². The number of thiophene rings is 1. The summed E-state index contributed by atoms with van der Waals surface area (Å²) >= 11 is 1.43. The highest BCUT2D eigenvalue weighted by Crippen LogP contribution is 2.18. The zero-order valence-electron chi connectivity index (χ0n) is 14.7. The third kappa shape index (κ3) is 5.14. The van der Waals surface area contributed by atoms with Gasteiger partial charge in [-0.3, -0.25) is 14.4 Å². The third-order valence-electron chi connectivity index (χ3n) is 4.77. The van der Waals surface area contributed by atoms with Gasteiger partial charge in [-0.2, -0.15) is 5.10 Å². The predicted octanol–water partition coefficient (Wildman–Crippen LogP) is 1.76. The van der Waals surface area contributed by atoms with E-state index < -0.39 is 0 Å². The molecule has 8 heteroatoms. The van der Waals surface area contributed by atoms with E-state index in [4.69, 9.17) is 0 Å². The molecule has 1 aromatic heterocycles. The highest BCUT2D eigenvalue weighted by molar-refractivity contribution is 7.12. The predicted molar refractivity (Wildman–Crippen MR) is 100 cm³/mol. The van der Waals surface area contributed by atoms with Gasteiger partial charge in [0.2, 0.25) is 11.8 Å². The zero-order chi connectivity index (χ0) is 18.4. The van der Waals surface area contributed by atoms with Crippen molar-refractivity contribution in [2.45, 2.75) is 38.5 Å². The van der Waals surface area contributed by atoms with Gasteiger partial charge in [-0.05, 0) is 43.0 Å². The van der Waals surface area contributed by atoms with Crippen LogP contribution < -0.4 is 10.7 Å². The molecule has 3 heterocycles. The lowest BCUT2D eigenvalue weighted by molar-refractivity contribution is -0.132. The van der Waals surface area contributed by atoms with Crippen LogP contribution in [0.15, 0.2) is 22.6 Å². The van der Waals surface area contributed by atoms with Crippen molar-refractivity contribution < 1.29 is 14.4 Å². The zero-order valence-corrected chi connectivity index (χ0v) is 15.5. The molecule has 26 heavy (non-hydrogen) atoms. The Bertz CT molecular complexity index is 687. The first-order valence-electron chi connectivity index (χ1n) is 9.05. The Hall–Kier alpha value is -2.22. The summed E-state index contributed by atoms with van der Waals surface area (Å²) in [6.45, 7) is 2.06. The minimum atomic E-state index is -0.0662. The van der Waals surface area contributed by atoms with Crippen molar-refractivity contribution in [2.75, 3.05) is 19.6 Å². The molecule has 0 spiro atoms. The summed E-state index contributed by atoms with van der Waals surface area (Å²) in [6.07, 6.45) is 4.08. The van der Waals surface area contributed by atoms with Crippen LogP contribution in [0.5, 0.6) is 0 Å². The Kier molecular flexibility index (Phi) is 6.38. The number of carbonyl (C=O) groups is 3. The number of rotatable bonds is 6. The minimum Gasteiger partial charge on any atom is -0.351 e. The molecule has 3 amide bonds. The van der Waals surface area contributed by atoms with Crippen LogP contribution in [0.1, 0.15) is 48.2 Å². The van der Waals surface area contributed by atoms with Crippen LogP contribution in [0.3, 0.4) is 0 Å². The second-order valence-corrected chi connectivity index (χ2v) is 7.70. The van der Waals surface area contributed by atoms with E-state index in [1.165, 1.54) is 11.3 Å². The lowest BCUT2D eigenvalue weighted by Gasteiger charge is -2.33. The summed E-state index contributed by atoms with van der Waals surface area (Å²) in [7, 11) is 0. The van der Waals surface area contributed by atoms with E-state index in [0.29, 0.717) is 49.6 Å². The maximum atomic E-state index is 12.5. The Labute approximate surface area is 156 Å². The minimum absolute atomic E-state index is 0.0409. The topological polar surface area (TPSA) is 90.9 Å². The number of nitrogens with zero attached hydrogens (tertiary/aromatic N) is 2. The lowest BCUT2D eigenvalue weighted by atomic mass is 9.97. The number of amides is 3. The highest BCUT2D eigenvalue weighted by atomic mass is 32.1. The van der Waals surface area contributed by atoms with Crippen LogP contribution in [-0.4, -0.2) is 48.0 Å².